The summed E-state index contributed by atoms with van der Waals surface area (Å²) in [6.07, 6.45) is 2.56. The van der Waals surface area contributed by atoms with Gasteiger partial charge in [0.1, 0.15) is 17.3 Å². The molecule has 0 radical (unpaired) electrons. The standard InChI is InChI=1S/C22H21O4P/c1-2-12-22(19-13-6-3-7-14-19)26-27(23,24-20-15-8-4-9-16-20)25-21-17-10-5-11-18-21/h3-18H,2H2,1H3/b22-12-. The molecular formula is C22H21O4P. The highest BCUT2D eigenvalue weighted by Crippen LogP contribution is 2.52. The third kappa shape index (κ3) is 5.50. The third-order valence-electron chi connectivity index (χ3n) is 3.58. The van der Waals surface area contributed by atoms with Crippen molar-refractivity contribution in [2.24, 2.45) is 0 Å². The highest BCUT2D eigenvalue weighted by Gasteiger charge is 2.34. The molecule has 0 saturated heterocycles. The first kappa shape index (κ1) is 18.8. The number of phosphoric ester groups is 1. The molecule has 0 aliphatic heterocycles. The normalized spacial score (nSPS) is 11.7. The molecule has 0 aromatic heterocycles. The Morgan fingerprint density at radius 3 is 1.67 bits per heavy atom. The van der Waals surface area contributed by atoms with Gasteiger partial charge in [-0.15, -0.1) is 0 Å². The monoisotopic (exact) mass is 380 g/mol. The second-order valence-corrected chi connectivity index (χ2v) is 7.13. The van der Waals surface area contributed by atoms with Crippen molar-refractivity contribution in [3.63, 3.8) is 0 Å². The maximum Gasteiger partial charge on any atom is 0.647 e. The Balaban J connectivity index is 1.93. The molecule has 3 aromatic carbocycles. The predicted octanol–water partition coefficient (Wildman–Crippen LogP) is 6.72. The smallest absolute Gasteiger partial charge is 0.386 e. The molecule has 0 atom stereocenters. The largest absolute Gasteiger partial charge is 0.647 e. The molecule has 3 aromatic rings. The Kier molecular flexibility index (Phi) is 6.35. The molecule has 0 aliphatic rings. The van der Waals surface area contributed by atoms with Crippen molar-refractivity contribution < 1.29 is 18.1 Å². The molecule has 0 heterocycles. The van der Waals surface area contributed by atoms with E-state index in [0.29, 0.717) is 23.7 Å². The van der Waals surface area contributed by atoms with Crippen LogP contribution < -0.4 is 9.05 Å². The molecule has 0 N–H and O–H groups in total. The molecule has 5 heteroatoms. The van der Waals surface area contributed by atoms with E-state index in [1.54, 1.807) is 48.5 Å². The minimum absolute atomic E-state index is 0.403. The summed E-state index contributed by atoms with van der Waals surface area (Å²) in [5.41, 5.74) is 0.799. The molecule has 0 amide bonds. The summed E-state index contributed by atoms with van der Waals surface area (Å²) in [7, 11) is -3.98. The van der Waals surface area contributed by atoms with Crippen LogP contribution in [0.4, 0.5) is 0 Å². The van der Waals surface area contributed by atoms with Crippen LogP contribution >= 0.6 is 7.82 Å². The van der Waals surface area contributed by atoms with E-state index >= 15 is 0 Å². The van der Waals surface area contributed by atoms with Crippen molar-refractivity contribution in [2.45, 2.75) is 13.3 Å². The van der Waals surface area contributed by atoms with Crippen molar-refractivity contribution in [3.8, 4) is 11.5 Å². The van der Waals surface area contributed by atoms with Crippen LogP contribution in [0.25, 0.3) is 5.76 Å². The van der Waals surface area contributed by atoms with Gasteiger partial charge in [0.25, 0.3) is 0 Å². The Hall–Kier alpha value is -2.97. The summed E-state index contributed by atoms with van der Waals surface area (Å²) in [5, 5.41) is 0. The first-order valence-corrected chi connectivity index (χ1v) is 10.2. The molecule has 0 aliphatic carbocycles. The van der Waals surface area contributed by atoms with E-state index in [0.717, 1.165) is 5.56 Å². The number of benzene rings is 3. The molecule has 27 heavy (non-hydrogen) atoms. The van der Waals surface area contributed by atoms with Gasteiger partial charge in [0.2, 0.25) is 0 Å². The van der Waals surface area contributed by atoms with Crippen LogP contribution in [0.1, 0.15) is 18.9 Å². The minimum atomic E-state index is -3.98. The fraction of sp³-hybridized carbons (Fsp3) is 0.0909. The molecule has 3 rings (SSSR count). The van der Waals surface area contributed by atoms with Crippen LogP contribution in [0.2, 0.25) is 0 Å². The second-order valence-electron chi connectivity index (χ2n) is 5.69. The van der Waals surface area contributed by atoms with Gasteiger partial charge >= 0.3 is 7.82 Å². The summed E-state index contributed by atoms with van der Waals surface area (Å²) in [6, 6.07) is 27.2. The number of hydrogen-bond acceptors (Lipinski definition) is 4. The van der Waals surface area contributed by atoms with Crippen LogP contribution in [0, 0.1) is 0 Å². The lowest BCUT2D eigenvalue weighted by atomic mass is 10.2. The lowest BCUT2D eigenvalue weighted by molar-refractivity contribution is 0.284. The first-order valence-electron chi connectivity index (χ1n) is 8.73. The molecule has 138 valence electrons. The summed E-state index contributed by atoms with van der Waals surface area (Å²) in [5.74, 6) is 1.26. The van der Waals surface area contributed by atoms with Crippen molar-refractivity contribution >= 4 is 13.6 Å². The van der Waals surface area contributed by atoms with E-state index < -0.39 is 7.82 Å². The van der Waals surface area contributed by atoms with Crippen LogP contribution in [-0.2, 0) is 9.09 Å². The zero-order valence-corrected chi connectivity index (χ0v) is 15.9. The maximum absolute atomic E-state index is 13.5. The molecule has 4 nitrogen and oxygen atoms in total. The SMILES string of the molecule is CC/C=C(\OP(=O)(Oc1ccccc1)Oc1ccccc1)c1ccccc1. The highest BCUT2D eigenvalue weighted by molar-refractivity contribution is 7.49. The number of phosphoric acid groups is 1. The molecule has 0 spiro atoms. The Labute approximate surface area is 159 Å². The van der Waals surface area contributed by atoms with Crippen LogP contribution in [0.3, 0.4) is 0 Å². The van der Waals surface area contributed by atoms with Gasteiger partial charge in [0.15, 0.2) is 0 Å². The van der Waals surface area contributed by atoms with Crippen molar-refractivity contribution in [1.29, 1.82) is 0 Å². The zero-order valence-electron chi connectivity index (χ0n) is 15.0. The van der Waals surface area contributed by atoms with Gasteiger partial charge in [-0.2, -0.15) is 4.57 Å². The van der Waals surface area contributed by atoms with E-state index in [2.05, 4.69) is 0 Å². The van der Waals surface area contributed by atoms with E-state index in [-0.39, 0.29) is 0 Å². The van der Waals surface area contributed by atoms with Gasteiger partial charge in [-0.25, -0.2) is 0 Å². The van der Waals surface area contributed by atoms with Gasteiger partial charge in [-0.1, -0.05) is 73.7 Å². The molecular weight excluding hydrogens is 359 g/mol. The second kappa shape index (κ2) is 9.11. The Morgan fingerprint density at radius 2 is 1.22 bits per heavy atom. The van der Waals surface area contributed by atoms with Gasteiger partial charge in [-0.3, -0.25) is 0 Å². The fourth-order valence-electron chi connectivity index (χ4n) is 2.39. The Morgan fingerprint density at radius 1 is 0.778 bits per heavy atom. The highest BCUT2D eigenvalue weighted by atomic mass is 31.2. The lowest BCUT2D eigenvalue weighted by Gasteiger charge is -2.21. The summed E-state index contributed by atoms with van der Waals surface area (Å²) >= 11 is 0. The van der Waals surface area contributed by atoms with Crippen molar-refractivity contribution in [2.75, 3.05) is 0 Å². The average molecular weight is 380 g/mol. The first-order chi connectivity index (χ1) is 13.2. The molecule has 0 unspecified atom stereocenters. The summed E-state index contributed by atoms with van der Waals surface area (Å²) in [4.78, 5) is 0. The van der Waals surface area contributed by atoms with E-state index in [1.165, 1.54) is 0 Å². The van der Waals surface area contributed by atoms with E-state index in [9.17, 15) is 4.57 Å². The zero-order chi connectivity index (χ0) is 19.0. The van der Waals surface area contributed by atoms with Crippen LogP contribution in [0.5, 0.6) is 11.5 Å². The molecule has 0 bridgehead atoms. The maximum atomic E-state index is 13.5. The van der Waals surface area contributed by atoms with Crippen LogP contribution in [-0.4, -0.2) is 0 Å². The van der Waals surface area contributed by atoms with E-state index in [4.69, 9.17) is 13.6 Å². The fourth-order valence-corrected chi connectivity index (χ4v) is 3.69. The third-order valence-corrected chi connectivity index (χ3v) is 4.87. The van der Waals surface area contributed by atoms with Crippen LogP contribution in [0.15, 0.2) is 97.1 Å². The minimum Gasteiger partial charge on any atom is -0.386 e. The van der Waals surface area contributed by atoms with Crippen molar-refractivity contribution in [1.82, 2.24) is 0 Å². The summed E-state index contributed by atoms with van der Waals surface area (Å²) < 4.78 is 30.7. The van der Waals surface area contributed by atoms with E-state index in [1.807, 2.05) is 55.5 Å². The van der Waals surface area contributed by atoms with Gasteiger partial charge in [-0.05, 0) is 36.8 Å². The Bertz CT molecular complexity index is 863. The van der Waals surface area contributed by atoms with Gasteiger partial charge < -0.3 is 13.6 Å². The number of rotatable bonds is 8. The van der Waals surface area contributed by atoms with Gasteiger partial charge in [0.05, 0.1) is 0 Å². The quantitative estimate of drug-likeness (QED) is 0.321. The molecule has 0 saturated carbocycles. The topological polar surface area (TPSA) is 44.8 Å². The predicted molar refractivity (Wildman–Crippen MR) is 108 cm³/mol. The average Bonchev–Trinajstić information content (AvgIpc) is 2.70. The number of hydrogen-bond donors (Lipinski definition) is 0. The number of allylic oxidation sites excluding steroid dienone is 1. The van der Waals surface area contributed by atoms with Crippen molar-refractivity contribution in [3.05, 3.63) is 103 Å². The van der Waals surface area contributed by atoms with Gasteiger partial charge in [0, 0.05) is 5.56 Å². The summed E-state index contributed by atoms with van der Waals surface area (Å²) in [6.45, 7) is 1.98. The lowest BCUT2D eigenvalue weighted by Crippen LogP contribution is -2.05. The number of para-hydroxylation sites is 2. The molecule has 0 fully saturated rings.